The number of pyridine rings is 1. The summed E-state index contributed by atoms with van der Waals surface area (Å²) in [6.45, 7) is 6.37. The first-order chi connectivity index (χ1) is 22.5. The fourth-order valence-electron chi connectivity index (χ4n) is 6.64. The van der Waals surface area contributed by atoms with E-state index in [4.69, 9.17) is 6.42 Å². The molecule has 0 atom stereocenters. The lowest BCUT2D eigenvalue weighted by molar-refractivity contribution is 1.18. The van der Waals surface area contributed by atoms with Crippen LogP contribution in [-0.2, 0) is 0 Å². The molecule has 0 aliphatic rings. The number of hydrogen-bond acceptors (Lipinski definition) is 2. The number of nitrogens with zero attached hydrogens (tertiary/aromatic N) is 2. The zero-order valence-electron chi connectivity index (χ0n) is 26.3. The first kappa shape index (κ1) is 28.9. The first-order valence-corrected chi connectivity index (χ1v) is 15.6. The second kappa shape index (κ2) is 11.9. The normalized spacial score (nSPS) is 12.0. The maximum atomic E-state index is 14.2. The van der Waals surface area contributed by atoms with Crippen molar-refractivity contribution in [3.63, 3.8) is 0 Å². The number of allylic oxidation sites excluding steroid dienone is 4. The third-order valence-corrected chi connectivity index (χ3v) is 8.90. The quantitative estimate of drug-likeness (QED) is 0.109. The standard InChI is InChI=1S/C43H34N2O/c1-5-6-7-8-15-31(4)44-39-21-14-13-20-37(39)43(46)38-28-32(24-27-42(38)44)45(40-25-22-29(2)33-16-9-11-18-35(33)40)41-26-23-30(3)34-17-10-12-19-36(34)41/h1,7-28H,6H2,2-4H3. The highest BCUT2D eigenvalue weighted by Gasteiger charge is 2.21. The molecule has 1 heterocycles. The Labute approximate surface area is 269 Å². The van der Waals surface area contributed by atoms with E-state index >= 15 is 0 Å². The molecule has 3 heteroatoms. The molecule has 0 saturated carbocycles. The molecule has 0 N–H and O–H groups in total. The van der Waals surface area contributed by atoms with E-state index in [0.29, 0.717) is 17.2 Å². The van der Waals surface area contributed by atoms with Crippen LogP contribution in [0.2, 0.25) is 0 Å². The van der Waals surface area contributed by atoms with Gasteiger partial charge in [0.05, 0.1) is 22.4 Å². The van der Waals surface area contributed by atoms with E-state index in [2.05, 4.69) is 127 Å². The van der Waals surface area contributed by atoms with Crippen LogP contribution in [0.5, 0.6) is 0 Å². The lowest BCUT2D eigenvalue weighted by Crippen LogP contribution is -2.14. The maximum absolute atomic E-state index is 14.2. The van der Waals surface area contributed by atoms with Gasteiger partial charge < -0.3 is 9.47 Å². The molecule has 3 nitrogen and oxygen atoms in total. The van der Waals surface area contributed by atoms with Gasteiger partial charge in [0.15, 0.2) is 5.43 Å². The average molecular weight is 595 g/mol. The Hall–Kier alpha value is -5.85. The van der Waals surface area contributed by atoms with Crippen molar-refractivity contribution in [2.24, 2.45) is 0 Å². The van der Waals surface area contributed by atoms with Crippen LogP contribution in [0.3, 0.4) is 0 Å². The van der Waals surface area contributed by atoms with E-state index in [0.717, 1.165) is 44.6 Å². The van der Waals surface area contributed by atoms with Crippen molar-refractivity contribution in [2.45, 2.75) is 27.2 Å². The first-order valence-electron chi connectivity index (χ1n) is 15.6. The van der Waals surface area contributed by atoms with Gasteiger partial charge in [0.2, 0.25) is 0 Å². The Morgan fingerprint density at radius 1 is 0.696 bits per heavy atom. The van der Waals surface area contributed by atoms with Crippen molar-refractivity contribution >= 4 is 66.1 Å². The highest BCUT2D eigenvalue weighted by Crippen LogP contribution is 2.43. The van der Waals surface area contributed by atoms with Gasteiger partial charge >= 0.3 is 0 Å². The largest absolute Gasteiger partial charge is 0.313 e. The summed E-state index contributed by atoms with van der Waals surface area (Å²) in [7, 11) is 0. The summed E-state index contributed by atoms with van der Waals surface area (Å²) in [6.07, 6.45) is 12.0. The summed E-state index contributed by atoms with van der Waals surface area (Å²) in [5.41, 5.74) is 8.22. The third kappa shape index (κ3) is 4.85. The monoisotopic (exact) mass is 594 g/mol. The van der Waals surface area contributed by atoms with Crippen molar-refractivity contribution in [3.8, 4) is 12.3 Å². The summed E-state index contributed by atoms with van der Waals surface area (Å²) in [5, 5.41) is 6.06. The van der Waals surface area contributed by atoms with Crippen LogP contribution in [-0.4, -0.2) is 4.57 Å². The molecule has 7 rings (SSSR count). The van der Waals surface area contributed by atoms with Gasteiger partial charge in [-0.2, -0.15) is 0 Å². The molecule has 0 bridgehead atoms. The Kier molecular flexibility index (Phi) is 7.48. The van der Waals surface area contributed by atoms with Crippen molar-refractivity contribution in [2.75, 3.05) is 4.90 Å². The van der Waals surface area contributed by atoms with Gasteiger partial charge in [-0.3, -0.25) is 4.79 Å². The number of rotatable bonds is 6. The van der Waals surface area contributed by atoms with Crippen LogP contribution in [0.15, 0.2) is 138 Å². The number of fused-ring (bicyclic) bond motifs is 4. The third-order valence-electron chi connectivity index (χ3n) is 8.90. The molecule has 0 spiro atoms. The summed E-state index contributed by atoms with van der Waals surface area (Å²) in [5.74, 6) is 2.65. The molecule has 0 amide bonds. The molecule has 0 aliphatic heterocycles. The van der Waals surface area contributed by atoms with Crippen LogP contribution in [0.25, 0.3) is 49.0 Å². The van der Waals surface area contributed by atoms with Gasteiger partial charge in [0.1, 0.15) is 0 Å². The summed E-state index contributed by atoms with van der Waals surface area (Å²) in [4.78, 5) is 16.5. The fourth-order valence-corrected chi connectivity index (χ4v) is 6.64. The topological polar surface area (TPSA) is 25.2 Å². The van der Waals surface area contributed by atoms with Gasteiger partial charge in [-0.15, -0.1) is 12.3 Å². The molecule has 1 aromatic heterocycles. The number of para-hydroxylation sites is 1. The minimum atomic E-state index is 0.0156. The van der Waals surface area contributed by atoms with E-state index in [1.54, 1.807) is 0 Å². The van der Waals surface area contributed by atoms with Crippen LogP contribution in [0, 0.1) is 26.2 Å². The molecule has 0 unspecified atom stereocenters. The molecule has 222 valence electrons. The van der Waals surface area contributed by atoms with Crippen molar-refractivity contribution in [1.29, 1.82) is 0 Å². The van der Waals surface area contributed by atoms with E-state index in [9.17, 15) is 4.79 Å². The van der Waals surface area contributed by atoms with E-state index in [1.165, 1.54) is 21.9 Å². The number of aryl methyl sites for hydroxylation is 2. The van der Waals surface area contributed by atoms with Crippen LogP contribution >= 0.6 is 0 Å². The highest BCUT2D eigenvalue weighted by molar-refractivity contribution is 6.07. The van der Waals surface area contributed by atoms with Gasteiger partial charge in [0.25, 0.3) is 0 Å². The SMILES string of the molecule is C#CCC=CC=C(C)n1c2ccccc2c(=O)c2cc(N(c3ccc(C)c4ccccc34)c3ccc(C)c4ccccc34)ccc21. The Balaban J connectivity index is 1.56. The van der Waals surface area contributed by atoms with E-state index < -0.39 is 0 Å². The minimum absolute atomic E-state index is 0.0156. The second-order valence-electron chi connectivity index (χ2n) is 11.8. The summed E-state index contributed by atoms with van der Waals surface area (Å²) in [6, 6.07) is 40.0. The van der Waals surface area contributed by atoms with Crippen LogP contribution in [0.4, 0.5) is 17.1 Å². The predicted octanol–water partition coefficient (Wildman–Crippen LogP) is 11.0. The average Bonchev–Trinajstić information content (AvgIpc) is 3.09. The second-order valence-corrected chi connectivity index (χ2v) is 11.8. The Morgan fingerprint density at radius 2 is 1.24 bits per heavy atom. The van der Waals surface area contributed by atoms with Gasteiger partial charge in [-0.1, -0.05) is 84.9 Å². The molecular weight excluding hydrogens is 560 g/mol. The number of aromatic nitrogens is 1. The Morgan fingerprint density at radius 3 is 1.85 bits per heavy atom. The molecule has 0 fully saturated rings. The molecule has 46 heavy (non-hydrogen) atoms. The van der Waals surface area contributed by atoms with Gasteiger partial charge in [-0.05, 0) is 91.2 Å². The van der Waals surface area contributed by atoms with Crippen molar-refractivity contribution < 1.29 is 0 Å². The van der Waals surface area contributed by atoms with Crippen LogP contribution in [0.1, 0.15) is 24.5 Å². The van der Waals surface area contributed by atoms with Gasteiger partial charge in [-0.25, -0.2) is 0 Å². The van der Waals surface area contributed by atoms with Crippen molar-refractivity contribution in [3.05, 3.63) is 155 Å². The molecule has 0 saturated heterocycles. The summed E-state index contributed by atoms with van der Waals surface area (Å²) < 4.78 is 2.17. The Bertz CT molecular complexity index is 2390. The van der Waals surface area contributed by atoms with Crippen molar-refractivity contribution in [1.82, 2.24) is 4.57 Å². The fraction of sp³-hybridized carbons (Fsp3) is 0.0930. The predicted molar refractivity (Wildman–Crippen MR) is 197 cm³/mol. The smallest absolute Gasteiger partial charge is 0.197 e. The lowest BCUT2D eigenvalue weighted by atomic mass is 9.99. The van der Waals surface area contributed by atoms with E-state index in [-0.39, 0.29) is 5.43 Å². The zero-order chi connectivity index (χ0) is 31.8. The summed E-state index contributed by atoms with van der Waals surface area (Å²) >= 11 is 0. The molecule has 6 aromatic carbocycles. The number of terminal acetylenes is 1. The lowest BCUT2D eigenvalue weighted by Gasteiger charge is -2.29. The number of benzene rings is 6. The number of hydrogen-bond donors (Lipinski definition) is 0. The molecule has 0 radical (unpaired) electrons. The highest BCUT2D eigenvalue weighted by atomic mass is 16.1. The zero-order valence-corrected chi connectivity index (χ0v) is 26.3. The molecule has 7 aromatic rings. The van der Waals surface area contributed by atoms with Gasteiger partial charge in [0, 0.05) is 39.4 Å². The molecule has 0 aliphatic carbocycles. The maximum Gasteiger partial charge on any atom is 0.197 e. The molecular formula is C43H34N2O. The number of anilines is 3. The minimum Gasteiger partial charge on any atom is -0.313 e. The van der Waals surface area contributed by atoms with E-state index in [1.807, 2.05) is 42.5 Å². The van der Waals surface area contributed by atoms with Crippen LogP contribution < -0.4 is 10.3 Å².